The summed E-state index contributed by atoms with van der Waals surface area (Å²) in [6, 6.07) is 22.6. The third-order valence-corrected chi connectivity index (χ3v) is 4.61. The van der Waals surface area contributed by atoms with E-state index in [0.717, 1.165) is 36.3 Å². The van der Waals surface area contributed by atoms with Gasteiger partial charge in [-0.1, -0.05) is 36.4 Å². The maximum Gasteiger partial charge on any atom is 0.255 e. The lowest BCUT2D eigenvalue weighted by Crippen LogP contribution is -2.25. The zero-order valence-corrected chi connectivity index (χ0v) is 17.8. The van der Waals surface area contributed by atoms with Crippen LogP contribution in [0.4, 0.5) is 5.69 Å². The van der Waals surface area contributed by atoms with Gasteiger partial charge in [-0.05, 0) is 55.2 Å². The van der Waals surface area contributed by atoms with E-state index in [1.54, 1.807) is 25.3 Å². The molecule has 0 fully saturated rings. The molecule has 0 aliphatic rings. The zero-order chi connectivity index (χ0) is 20.5. The maximum absolute atomic E-state index is 12.5. The first kappa shape index (κ1) is 23.1. The average Bonchev–Trinajstić information content (AvgIpc) is 2.75. The number of para-hydroxylation sites is 2. The van der Waals surface area contributed by atoms with Gasteiger partial charge in [0.05, 0.1) is 12.7 Å². The Morgan fingerprint density at radius 1 is 0.933 bits per heavy atom. The van der Waals surface area contributed by atoms with Crippen LogP contribution in [0.15, 0.2) is 72.8 Å². The highest BCUT2D eigenvalue weighted by Gasteiger charge is 2.13. The zero-order valence-electron chi connectivity index (χ0n) is 17.0. The molecule has 6 heteroatoms. The van der Waals surface area contributed by atoms with Gasteiger partial charge in [0, 0.05) is 18.3 Å². The van der Waals surface area contributed by atoms with Gasteiger partial charge >= 0.3 is 0 Å². The van der Waals surface area contributed by atoms with E-state index in [1.807, 2.05) is 54.6 Å². The maximum atomic E-state index is 12.5. The first-order valence-corrected chi connectivity index (χ1v) is 9.70. The summed E-state index contributed by atoms with van der Waals surface area (Å²) >= 11 is 0. The van der Waals surface area contributed by atoms with Gasteiger partial charge in [0.25, 0.3) is 5.91 Å². The van der Waals surface area contributed by atoms with E-state index in [2.05, 4.69) is 5.32 Å². The fourth-order valence-electron chi connectivity index (χ4n) is 3.05. The number of unbranched alkanes of at least 4 members (excludes halogenated alkanes) is 1. The van der Waals surface area contributed by atoms with Crippen molar-refractivity contribution in [3.05, 3.63) is 83.9 Å². The number of hydrogen-bond acceptors (Lipinski definition) is 4. The number of nitrogens with two attached hydrogens (primary N) is 1. The number of nitrogen functional groups attached to an aromatic ring is 1. The Morgan fingerprint density at radius 3 is 2.40 bits per heavy atom. The first-order chi connectivity index (χ1) is 14.2. The molecule has 0 heterocycles. The number of amides is 1. The molecular formula is C24H27ClN2O3. The summed E-state index contributed by atoms with van der Waals surface area (Å²) in [5.41, 5.74) is 8.41. The minimum Gasteiger partial charge on any atom is -0.496 e. The SMILES string of the molecule is COc1cc(Oc2ccccc2)ccc1C(=O)NCCCCc1ccccc1N.Cl. The summed E-state index contributed by atoms with van der Waals surface area (Å²) < 4.78 is 11.2. The van der Waals surface area contributed by atoms with Gasteiger partial charge in [0.2, 0.25) is 0 Å². The van der Waals surface area contributed by atoms with Crippen molar-refractivity contribution in [1.29, 1.82) is 0 Å². The molecule has 0 aromatic heterocycles. The molecule has 3 rings (SSSR count). The number of aryl methyl sites for hydroxylation is 1. The fraction of sp³-hybridized carbons (Fsp3) is 0.208. The number of nitrogens with one attached hydrogen (secondary N) is 1. The molecule has 3 aromatic rings. The Balaban J connectivity index is 0.00000320. The minimum atomic E-state index is -0.160. The lowest BCUT2D eigenvalue weighted by Gasteiger charge is -2.12. The van der Waals surface area contributed by atoms with E-state index in [9.17, 15) is 4.79 Å². The number of carbonyl (C=O) groups is 1. The average molecular weight is 427 g/mol. The number of ether oxygens (including phenoxy) is 2. The highest BCUT2D eigenvalue weighted by molar-refractivity contribution is 5.97. The van der Waals surface area contributed by atoms with Gasteiger partial charge < -0.3 is 20.5 Å². The number of hydrogen-bond donors (Lipinski definition) is 2. The van der Waals surface area contributed by atoms with Crippen LogP contribution in [0, 0.1) is 0 Å². The van der Waals surface area contributed by atoms with Crippen molar-refractivity contribution in [3.63, 3.8) is 0 Å². The van der Waals surface area contributed by atoms with Crippen LogP contribution < -0.4 is 20.5 Å². The molecule has 158 valence electrons. The van der Waals surface area contributed by atoms with Crippen molar-refractivity contribution in [1.82, 2.24) is 5.32 Å². The number of anilines is 1. The molecule has 0 saturated heterocycles. The Morgan fingerprint density at radius 2 is 1.67 bits per heavy atom. The van der Waals surface area contributed by atoms with E-state index in [-0.39, 0.29) is 18.3 Å². The van der Waals surface area contributed by atoms with Crippen LogP contribution in [0.3, 0.4) is 0 Å². The van der Waals surface area contributed by atoms with Crippen molar-refractivity contribution in [2.45, 2.75) is 19.3 Å². The Bertz CT molecular complexity index is 948. The highest BCUT2D eigenvalue weighted by atomic mass is 35.5. The van der Waals surface area contributed by atoms with Crippen molar-refractivity contribution in [2.75, 3.05) is 19.4 Å². The second-order valence-corrected chi connectivity index (χ2v) is 6.69. The third kappa shape index (κ3) is 6.42. The van der Waals surface area contributed by atoms with Crippen LogP contribution in [0.5, 0.6) is 17.2 Å². The predicted octanol–water partition coefficient (Wildman–Crippen LogP) is 5.24. The molecule has 5 nitrogen and oxygen atoms in total. The standard InChI is InChI=1S/C24H26N2O3.ClH/c1-28-23-17-20(29-19-11-3-2-4-12-19)14-15-21(23)24(27)26-16-8-7-10-18-9-5-6-13-22(18)25;/h2-6,9,11-15,17H,7-8,10,16,25H2,1H3,(H,26,27);1H. The minimum absolute atomic E-state index is 0. The van der Waals surface area contributed by atoms with Crippen molar-refractivity contribution in [2.24, 2.45) is 0 Å². The predicted molar refractivity (Wildman–Crippen MR) is 123 cm³/mol. The number of rotatable bonds is 9. The van der Waals surface area contributed by atoms with Crippen LogP contribution in [-0.4, -0.2) is 19.6 Å². The highest BCUT2D eigenvalue weighted by Crippen LogP contribution is 2.28. The summed E-state index contributed by atoms with van der Waals surface area (Å²) in [6.07, 6.45) is 2.73. The normalized spacial score (nSPS) is 10.0. The van der Waals surface area contributed by atoms with Crippen LogP contribution >= 0.6 is 12.4 Å². The topological polar surface area (TPSA) is 73.6 Å². The van der Waals surface area contributed by atoms with Crippen LogP contribution in [0.25, 0.3) is 0 Å². The van der Waals surface area contributed by atoms with Gasteiger partial charge in [-0.2, -0.15) is 0 Å². The summed E-state index contributed by atoms with van der Waals surface area (Å²) in [4.78, 5) is 12.5. The van der Waals surface area contributed by atoms with Crippen LogP contribution in [-0.2, 0) is 6.42 Å². The van der Waals surface area contributed by atoms with E-state index in [1.165, 1.54) is 0 Å². The Hall–Kier alpha value is -3.18. The molecule has 3 aromatic carbocycles. The lowest BCUT2D eigenvalue weighted by molar-refractivity contribution is 0.0950. The smallest absolute Gasteiger partial charge is 0.255 e. The van der Waals surface area contributed by atoms with E-state index < -0.39 is 0 Å². The molecule has 0 unspecified atom stereocenters. The molecule has 0 spiro atoms. The molecule has 0 radical (unpaired) electrons. The van der Waals surface area contributed by atoms with Crippen LogP contribution in [0.1, 0.15) is 28.8 Å². The molecule has 30 heavy (non-hydrogen) atoms. The van der Waals surface area contributed by atoms with E-state index >= 15 is 0 Å². The summed E-state index contributed by atoms with van der Waals surface area (Å²) in [5.74, 6) is 1.66. The second-order valence-electron chi connectivity index (χ2n) is 6.69. The van der Waals surface area contributed by atoms with Gasteiger partial charge in [0.15, 0.2) is 0 Å². The fourth-order valence-corrected chi connectivity index (χ4v) is 3.05. The number of halogens is 1. The van der Waals surface area contributed by atoms with Crippen molar-refractivity contribution >= 4 is 24.0 Å². The number of methoxy groups -OCH3 is 1. The molecule has 1 amide bonds. The van der Waals surface area contributed by atoms with Gasteiger partial charge in [-0.3, -0.25) is 4.79 Å². The largest absolute Gasteiger partial charge is 0.496 e. The molecule has 0 atom stereocenters. The molecule has 0 aliphatic heterocycles. The molecular weight excluding hydrogens is 400 g/mol. The van der Waals surface area contributed by atoms with Crippen molar-refractivity contribution < 1.29 is 14.3 Å². The third-order valence-electron chi connectivity index (χ3n) is 4.61. The van der Waals surface area contributed by atoms with Crippen molar-refractivity contribution in [3.8, 4) is 17.2 Å². The quantitative estimate of drug-likeness (QED) is 0.362. The first-order valence-electron chi connectivity index (χ1n) is 9.70. The number of benzene rings is 3. The molecule has 0 saturated carbocycles. The van der Waals surface area contributed by atoms with E-state index in [0.29, 0.717) is 23.6 Å². The Labute approximate surface area is 183 Å². The van der Waals surface area contributed by atoms with Crippen LogP contribution in [0.2, 0.25) is 0 Å². The lowest BCUT2D eigenvalue weighted by atomic mass is 10.1. The monoisotopic (exact) mass is 426 g/mol. The summed E-state index contributed by atoms with van der Waals surface area (Å²) in [5, 5.41) is 2.95. The molecule has 3 N–H and O–H groups in total. The molecule has 0 bridgehead atoms. The van der Waals surface area contributed by atoms with Gasteiger partial charge in [-0.25, -0.2) is 0 Å². The summed E-state index contributed by atoms with van der Waals surface area (Å²) in [6.45, 7) is 0.594. The number of carbonyl (C=O) groups excluding carboxylic acids is 1. The Kier molecular flexibility index (Phi) is 9.03. The van der Waals surface area contributed by atoms with E-state index in [4.69, 9.17) is 15.2 Å². The molecule has 0 aliphatic carbocycles. The van der Waals surface area contributed by atoms with Gasteiger partial charge in [0.1, 0.15) is 17.2 Å². The van der Waals surface area contributed by atoms with Gasteiger partial charge in [-0.15, -0.1) is 12.4 Å². The summed E-state index contributed by atoms with van der Waals surface area (Å²) in [7, 11) is 1.54. The second kappa shape index (κ2) is 11.7.